The van der Waals surface area contributed by atoms with E-state index in [0.717, 1.165) is 19.3 Å². The molecule has 1 amide bonds. The van der Waals surface area contributed by atoms with Crippen molar-refractivity contribution in [3.05, 3.63) is 35.9 Å². The molecule has 3 N–H and O–H groups in total. The molecular weight excluding hydrogens is 266 g/mol. The minimum absolute atomic E-state index is 0.0947. The normalized spacial score (nSPS) is 11.5. The Balaban J connectivity index is 2.24. The molecule has 5 heteroatoms. The summed E-state index contributed by atoms with van der Waals surface area (Å²) in [5, 5.41) is 6.65. The lowest BCUT2D eigenvalue weighted by Crippen LogP contribution is -2.36. The fourth-order valence-corrected chi connectivity index (χ4v) is 1.90. The monoisotopic (exact) mass is 291 g/mol. The van der Waals surface area contributed by atoms with Gasteiger partial charge in [0, 0.05) is 12.5 Å². The smallest absolute Gasteiger partial charge is 0.260 e. The van der Waals surface area contributed by atoms with Gasteiger partial charge in [0.2, 0.25) is 0 Å². The van der Waals surface area contributed by atoms with E-state index < -0.39 is 0 Å². The molecule has 5 nitrogen and oxygen atoms in total. The lowest BCUT2D eigenvalue weighted by molar-refractivity contribution is -0.126. The Morgan fingerprint density at radius 1 is 1.29 bits per heavy atom. The Bertz CT molecular complexity index is 442. The van der Waals surface area contributed by atoms with Gasteiger partial charge in [0.1, 0.15) is 5.84 Å². The molecule has 0 heterocycles. The van der Waals surface area contributed by atoms with Crippen molar-refractivity contribution in [3.63, 3.8) is 0 Å². The van der Waals surface area contributed by atoms with E-state index in [1.165, 1.54) is 5.56 Å². The average Bonchev–Trinajstić information content (AvgIpc) is 2.51. The number of oxime groups is 1. The molecule has 0 atom stereocenters. The molecule has 0 unspecified atom stereocenters. The molecule has 0 radical (unpaired) electrons. The molecule has 1 aromatic rings. The summed E-state index contributed by atoms with van der Waals surface area (Å²) < 4.78 is 0. The van der Waals surface area contributed by atoms with Crippen LogP contribution in [-0.4, -0.2) is 24.4 Å². The van der Waals surface area contributed by atoms with Gasteiger partial charge in [0.15, 0.2) is 6.61 Å². The molecule has 0 bridgehead atoms. The van der Waals surface area contributed by atoms with Crippen molar-refractivity contribution in [2.75, 3.05) is 6.61 Å². The number of carbonyl (C=O) groups excluding carboxylic acids is 1. The van der Waals surface area contributed by atoms with E-state index in [1.54, 1.807) is 0 Å². The molecule has 1 rings (SSSR count). The summed E-state index contributed by atoms with van der Waals surface area (Å²) in [5.41, 5.74) is 6.95. The van der Waals surface area contributed by atoms with Gasteiger partial charge < -0.3 is 15.9 Å². The van der Waals surface area contributed by atoms with Gasteiger partial charge in [-0.25, -0.2) is 0 Å². The van der Waals surface area contributed by atoms with Crippen molar-refractivity contribution < 1.29 is 9.63 Å². The second-order valence-corrected chi connectivity index (χ2v) is 4.92. The first-order valence-electron chi connectivity index (χ1n) is 7.43. The van der Waals surface area contributed by atoms with E-state index in [-0.39, 0.29) is 18.6 Å². The summed E-state index contributed by atoms with van der Waals surface area (Å²) in [6.07, 6.45) is 3.23. The Morgan fingerprint density at radius 3 is 2.57 bits per heavy atom. The SMILES string of the molecule is CCC(CC)NC(=O)CO/N=C(\N)CCc1ccccc1. The van der Waals surface area contributed by atoms with Crippen LogP contribution >= 0.6 is 0 Å². The maximum atomic E-state index is 11.6. The third-order valence-corrected chi connectivity index (χ3v) is 3.24. The molecule has 0 saturated carbocycles. The third-order valence-electron chi connectivity index (χ3n) is 3.24. The van der Waals surface area contributed by atoms with Crippen LogP contribution in [0.1, 0.15) is 38.7 Å². The van der Waals surface area contributed by atoms with Crippen LogP contribution in [0.25, 0.3) is 0 Å². The molecule has 116 valence electrons. The number of rotatable bonds is 9. The van der Waals surface area contributed by atoms with Gasteiger partial charge in [0.05, 0.1) is 0 Å². The fraction of sp³-hybridized carbons (Fsp3) is 0.500. The maximum Gasteiger partial charge on any atom is 0.260 e. The van der Waals surface area contributed by atoms with Crippen molar-refractivity contribution in [3.8, 4) is 0 Å². The summed E-state index contributed by atoms with van der Waals surface area (Å²) in [6.45, 7) is 3.98. The van der Waals surface area contributed by atoms with E-state index in [9.17, 15) is 4.79 Å². The van der Waals surface area contributed by atoms with E-state index in [1.807, 2.05) is 44.2 Å². The first-order valence-corrected chi connectivity index (χ1v) is 7.43. The standard InChI is InChI=1S/C16H25N3O2/c1-3-14(4-2)18-16(20)12-21-19-15(17)11-10-13-8-6-5-7-9-13/h5-9,14H,3-4,10-12H2,1-2H3,(H2,17,19)(H,18,20). The topological polar surface area (TPSA) is 76.7 Å². The minimum atomic E-state index is -0.164. The van der Waals surface area contributed by atoms with Gasteiger partial charge in [-0.2, -0.15) is 0 Å². The van der Waals surface area contributed by atoms with Gasteiger partial charge in [-0.15, -0.1) is 0 Å². The number of amides is 1. The van der Waals surface area contributed by atoms with Gasteiger partial charge in [0.25, 0.3) is 5.91 Å². The first-order chi connectivity index (χ1) is 10.2. The van der Waals surface area contributed by atoms with Crippen LogP contribution in [0.5, 0.6) is 0 Å². The largest absolute Gasteiger partial charge is 0.384 e. The quantitative estimate of drug-likeness (QED) is 0.416. The zero-order valence-electron chi connectivity index (χ0n) is 12.8. The Hall–Kier alpha value is -2.04. The zero-order valence-corrected chi connectivity index (χ0v) is 12.8. The summed E-state index contributed by atoms with van der Waals surface area (Å²) in [7, 11) is 0. The number of carbonyl (C=O) groups is 1. The fourth-order valence-electron chi connectivity index (χ4n) is 1.90. The highest BCUT2D eigenvalue weighted by molar-refractivity contribution is 5.80. The van der Waals surface area contributed by atoms with Crippen LogP contribution in [-0.2, 0) is 16.1 Å². The summed E-state index contributed by atoms with van der Waals surface area (Å²) in [5.74, 6) is 0.234. The van der Waals surface area contributed by atoms with Crippen molar-refractivity contribution >= 4 is 11.7 Å². The third kappa shape index (κ3) is 7.34. The van der Waals surface area contributed by atoms with E-state index in [4.69, 9.17) is 10.6 Å². The number of nitrogens with one attached hydrogen (secondary N) is 1. The lowest BCUT2D eigenvalue weighted by Gasteiger charge is -2.13. The molecular formula is C16H25N3O2. The van der Waals surface area contributed by atoms with Crippen LogP contribution in [0.2, 0.25) is 0 Å². The van der Waals surface area contributed by atoms with Crippen LogP contribution < -0.4 is 11.1 Å². The van der Waals surface area contributed by atoms with E-state index in [2.05, 4.69) is 10.5 Å². The molecule has 0 saturated heterocycles. The molecule has 0 aliphatic rings. The first kappa shape index (κ1) is 17.0. The maximum absolute atomic E-state index is 11.6. The number of nitrogens with zero attached hydrogens (tertiary/aromatic N) is 1. The van der Waals surface area contributed by atoms with Gasteiger partial charge >= 0.3 is 0 Å². The second-order valence-electron chi connectivity index (χ2n) is 4.92. The molecule has 1 aromatic carbocycles. The second kappa shape index (κ2) is 9.80. The minimum Gasteiger partial charge on any atom is -0.384 e. The van der Waals surface area contributed by atoms with E-state index >= 15 is 0 Å². The van der Waals surface area contributed by atoms with Crippen LogP contribution in [0.15, 0.2) is 35.5 Å². The molecule has 0 aliphatic heterocycles. The van der Waals surface area contributed by atoms with Crippen LogP contribution in [0.4, 0.5) is 0 Å². The molecule has 0 fully saturated rings. The van der Waals surface area contributed by atoms with Crippen molar-refractivity contribution in [1.29, 1.82) is 0 Å². The number of benzene rings is 1. The highest BCUT2D eigenvalue weighted by Gasteiger charge is 2.08. The average molecular weight is 291 g/mol. The Morgan fingerprint density at radius 2 is 1.95 bits per heavy atom. The van der Waals surface area contributed by atoms with Crippen molar-refractivity contribution in [2.45, 2.75) is 45.6 Å². The van der Waals surface area contributed by atoms with Crippen molar-refractivity contribution in [2.24, 2.45) is 10.9 Å². The molecule has 0 spiro atoms. The van der Waals surface area contributed by atoms with Gasteiger partial charge in [-0.05, 0) is 24.8 Å². The summed E-state index contributed by atoms with van der Waals surface area (Å²) in [6, 6.07) is 10.2. The molecule has 21 heavy (non-hydrogen) atoms. The highest BCUT2D eigenvalue weighted by atomic mass is 16.6. The zero-order chi connectivity index (χ0) is 15.5. The van der Waals surface area contributed by atoms with Gasteiger partial charge in [-0.3, -0.25) is 4.79 Å². The predicted molar refractivity (Wildman–Crippen MR) is 84.9 cm³/mol. The highest BCUT2D eigenvalue weighted by Crippen LogP contribution is 2.02. The van der Waals surface area contributed by atoms with Crippen LogP contribution in [0, 0.1) is 0 Å². The van der Waals surface area contributed by atoms with Crippen LogP contribution in [0.3, 0.4) is 0 Å². The summed E-state index contributed by atoms with van der Waals surface area (Å²) >= 11 is 0. The predicted octanol–water partition coefficient (Wildman–Crippen LogP) is 2.21. The van der Waals surface area contributed by atoms with E-state index in [0.29, 0.717) is 12.3 Å². The number of hydrogen-bond donors (Lipinski definition) is 2. The Labute approximate surface area is 126 Å². The number of nitrogens with two attached hydrogens (primary N) is 1. The number of aryl methyl sites for hydroxylation is 1. The molecule has 0 aromatic heterocycles. The number of amidine groups is 1. The molecule has 0 aliphatic carbocycles. The van der Waals surface area contributed by atoms with Crippen molar-refractivity contribution in [1.82, 2.24) is 5.32 Å². The lowest BCUT2D eigenvalue weighted by atomic mass is 10.1. The van der Waals surface area contributed by atoms with Gasteiger partial charge in [-0.1, -0.05) is 49.3 Å². The Kier molecular flexibility index (Phi) is 7.94. The number of hydrogen-bond acceptors (Lipinski definition) is 3. The summed E-state index contributed by atoms with van der Waals surface area (Å²) in [4.78, 5) is 16.6.